The molecule has 0 aliphatic heterocycles. The molecule has 2 aromatic heterocycles. The topological polar surface area (TPSA) is 97.0 Å². The Morgan fingerprint density at radius 1 is 1.55 bits per heavy atom. The van der Waals surface area contributed by atoms with E-state index in [1.54, 1.807) is 31.7 Å². The number of hydrogen-bond donors (Lipinski definition) is 1. The number of aromatic nitrogens is 2. The lowest BCUT2D eigenvalue weighted by Gasteiger charge is -2.03. The summed E-state index contributed by atoms with van der Waals surface area (Å²) in [5, 5.41) is 12.2. The highest BCUT2D eigenvalue weighted by Gasteiger charge is 2.23. The maximum absolute atomic E-state index is 12.2. The van der Waals surface area contributed by atoms with E-state index in [0.717, 1.165) is 11.3 Å². The molecule has 1 N–H and O–H groups in total. The highest BCUT2D eigenvalue weighted by Crippen LogP contribution is 2.33. The van der Waals surface area contributed by atoms with E-state index in [9.17, 15) is 14.9 Å². The van der Waals surface area contributed by atoms with Gasteiger partial charge in [-0.3, -0.25) is 4.79 Å². The second-order valence-corrected chi connectivity index (χ2v) is 5.43. The number of aryl methyl sites for hydroxylation is 1. The zero-order chi connectivity index (χ0) is 16.3. The Balaban J connectivity index is 2.34. The van der Waals surface area contributed by atoms with Gasteiger partial charge >= 0.3 is 5.97 Å². The van der Waals surface area contributed by atoms with Gasteiger partial charge in [-0.2, -0.15) is 5.26 Å². The molecule has 0 aromatic carbocycles. The lowest BCUT2D eigenvalue weighted by Crippen LogP contribution is -2.16. The predicted molar refractivity (Wildman–Crippen MR) is 80.9 cm³/mol. The molecular formula is C14H14N4O3S. The monoisotopic (exact) mass is 318 g/mol. The fourth-order valence-electron chi connectivity index (χ4n) is 1.87. The van der Waals surface area contributed by atoms with Crippen molar-refractivity contribution in [1.82, 2.24) is 9.55 Å². The first-order valence-electron chi connectivity index (χ1n) is 6.48. The van der Waals surface area contributed by atoms with E-state index in [0.29, 0.717) is 15.4 Å². The van der Waals surface area contributed by atoms with Crippen LogP contribution in [0.4, 0.5) is 5.00 Å². The molecule has 22 heavy (non-hydrogen) atoms. The van der Waals surface area contributed by atoms with Crippen molar-refractivity contribution in [2.45, 2.75) is 13.8 Å². The van der Waals surface area contributed by atoms with E-state index in [-0.39, 0.29) is 18.0 Å². The first-order chi connectivity index (χ1) is 10.5. The molecule has 0 aliphatic rings. The minimum absolute atomic E-state index is 0.215. The Kier molecular flexibility index (Phi) is 4.58. The third kappa shape index (κ3) is 2.84. The average molecular weight is 318 g/mol. The number of thiophene rings is 1. The first kappa shape index (κ1) is 15.7. The van der Waals surface area contributed by atoms with E-state index in [4.69, 9.17) is 4.74 Å². The van der Waals surface area contributed by atoms with Crippen molar-refractivity contribution in [2.75, 3.05) is 11.9 Å². The fraction of sp³-hybridized carbons (Fsp3) is 0.286. The van der Waals surface area contributed by atoms with Gasteiger partial charge in [0.25, 0.3) is 5.91 Å². The number of amides is 1. The van der Waals surface area contributed by atoms with Crippen LogP contribution >= 0.6 is 11.3 Å². The van der Waals surface area contributed by atoms with Gasteiger partial charge in [0.15, 0.2) is 5.82 Å². The second-order valence-electron chi connectivity index (χ2n) is 4.41. The zero-order valence-electron chi connectivity index (χ0n) is 12.3. The Morgan fingerprint density at radius 2 is 2.27 bits per heavy atom. The number of nitriles is 1. The summed E-state index contributed by atoms with van der Waals surface area (Å²) >= 11 is 1.02. The molecule has 2 heterocycles. The number of carbonyl (C=O) groups excluding carboxylic acids is 2. The van der Waals surface area contributed by atoms with Crippen LogP contribution in [0.2, 0.25) is 0 Å². The van der Waals surface area contributed by atoms with Crippen LogP contribution in [0.5, 0.6) is 0 Å². The number of anilines is 1. The molecule has 7 nitrogen and oxygen atoms in total. The molecule has 0 aliphatic carbocycles. The first-order valence-corrected chi connectivity index (χ1v) is 7.30. The van der Waals surface area contributed by atoms with Crippen LogP contribution < -0.4 is 5.32 Å². The molecule has 0 unspecified atom stereocenters. The molecule has 2 aromatic rings. The van der Waals surface area contributed by atoms with Gasteiger partial charge in [-0.25, -0.2) is 9.78 Å². The molecule has 0 radical (unpaired) electrons. The highest BCUT2D eigenvalue weighted by molar-refractivity contribution is 7.18. The largest absolute Gasteiger partial charge is 0.462 e. The fourth-order valence-corrected chi connectivity index (χ4v) is 2.92. The van der Waals surface area contributed by atoms with Crippen LogP contribution in [0.1, 0.15) is 38.3 Å². The lowest BCUT2D eigenvalue weighted by atomic mass is 10.2. The molecule has 2 rings (SSSR count). The number of nitrogens with zero attached hydrogens (tertiary/aromatic N) is 3. The van der Waals surface area contributed by atoms with Crippen molar-refractivity contribution in [1.29, 1.82) is 5.26 Å². The second kappa shape index (κ2) is 6.41. The third-order valence-corrected chi connectivity index (χ3v) is 4.16. The minimum Gasteiger partial charge on any atom is -0.462 e. The summed E-state index contributed by atoms with van der Waals surface area (Å²) in [7, 11) is 1.69. The SMILES string of the molecule is CCOC(=O)c1sc(NC(=O)c2nccn2C)c(C#N)c1C. The number of ether oxygens (including phenoxy) is 1. The number of nitrogens with one attached hydrogen (secondary N) is 1. The molecule has 0 atom stereocenters. The van der Waals surface area contributed by atoms with Crippen molar-refractivity contribution in [3.63, 3.8) is 0 Å². The molecule has 1 amide bonds. The average Bonchev–Trinajstić information content (AvgIpc) is 3.03. The van der Waals surface area contributed by atoms with Crippen LogP contribution in [0.25, 0.3) is 0 Å². The van der Waals surface area contributed by atoms with Crippen LogP contribution in [0.3, 0.4) is 0 Å². The van der Waals surface area contributed by atoms with Gasteiger partial charge in [0.05, 0.1) is 12.2 Å². The number of esters is 1. The van der Waals surface area contributed by atoms with Crippen LogP contribution in [0, 0.1) is 18.3 Å². The number of hydrogen-bond acceptors (Lipinski definition) is 6. The summed E-state index contributed by atoms with van der Waals surface area (Å²) in [6.07, 6.45) is 3.15. The van der Waals surface area contributed by atoms with Crippen molar-refractivity contribution in [3.05, 3.63) is 34.2 Å². The Morgan fingerprint density at radius 3 is 2.82 bits per heavy atom. The quantitative estimate of drug-likeness (QED) is 0.871. The van der Waals surface area contributed by atoms with Crippen molar-refractivity contribution in [2.24, 2.45) is 7.05 Å². The molecule has 0 fully saturated rings. The van der Waals surface area contributed by atoms with Gasteiger partial charge in [0.2, 0.25) is 0 Å². The number of carbonyl (C=O) groups is 2. The van der Waals surface area contributed by atoms with Crippen molar-refractivity contribution < 1.29 is 14.3 Å². The van der Waals surface area contributed by atoms with Gasteiger partial charge in [-0.1, -0.05) is 0 Å². The molecule has 0 saturated carbocycles. The summed E-state index contributed by atoms with van der Waals surface area (Å²) in [5.74, 6) is -0.729. The Hall–Kier alpha value is -2.66. The van der Waals surface area contributed by atoms with E-state index in [1.807, 2.05) is 6.07 Å². The van der Waals surface area contributed by atoms with Crippen LogP contribution in [-0.4, -0.2) is 28.0 Å². The Labute approximate surface area is 131 Å². The summed E-state index contributed by atoms with van der Waals surface area (Å²) in [5.41, 5.74) is 0.761. The van der Waals surface area contributed by atoms with Gasteiger partial charge in [0.1, 0.15) is 15.9 Å². The summed E-state index contributed by atoms with van der Waals surface area (Å²) < 4.78 is 6.51. The van der Waals surface area contributed by atoms with Gasteiger partial charge in [-0.15, -0.1) is 11.3 Å². The van der Waals surface area contributed by atoms with Crippen molar-refractivity contribution in [3.8, 4) is 6.07 Å². The van der Waals surface area contributed by atoms with Gasteiger partial charge in [0, 0.05) is 19.4 Å². The normalized spacial score (nSPS) is 10.1. The van der Waals surface area contributed by atoms with Crippen LogP contribution in [0.15, 0.2) is 12.4 Å². The molecule has 0 saturated heterocycles. The molecular weight excluding hydrogens is 304 g/mol. The lowest BCUT2D eigenvalue weighted by molar-refractivity contribution is 0.0531. The maximum Gasteiger partial charge on any atom is 0.348 e. The van der Waals surface area contributed by atoms with E-state index in [2.05, 4.69) is 10.3 Å². The highest BCUT2D eigenvalue weighted by atomic mass is 32.1. The van der Waals surface area contributed by atoms with Crippen molar-refractivity contribution >= 4 is 28.2 Å². The molecule has 114 valence electrons. The van der Waals surface area contributed by atoms with Crippen LogP contribution in [-0.2, 0) is 11.8 Å². The minimum atomic E-state index is -0.501. The molecule has 8 heteroatoms. The number of rotatable bonds is 4. The summed E-state index contributed by atoms with van der Waals surface area (Å²) in [4.78, 5) is 28.3. The number of imidazole rings is 1. The molecule has 0 spiro atoms. The van der Waals surface area contributed by atoms with Gasteiger partial charge < -0.3 is 14.6 Å². The summed E-state index contributed by atoms with van der Waals surface area (Å²) in [6.45, 7) is 3.60. The van der Waals surface area contributed by atoms with Gasteiger partial charge in [-0.05, 0) is 19.4 Å². The standard InChI is InChI=1S/C14H14N4O3S/c1-4-21-14(20)10-8(2)9(7-15)13(22-10)17-12(19)11-16-5-6-18(11)3/h5-6H,4H2,1-3H3,(H,17,19). The Bertz CT molecular complexity index is 770. The third-order valence-electron chi connectivity index (χ3n) is 2.97. The zero-order valence-corrected chi connectivity index (χ0v) is 13.2. The molecule has 0 bridgehead atoms. The maximum atomic E-state index is 12.2. The smallest absolute Gasteiger partial charge is 0.348 e. The predicted octanol–water partition coefficient (Wildman–Crippen LogP) is 2.09. The summed E-state index contributed by atoms with van der Waals surface area (Å²) in [6, 6.07) is 2.01. The van der Waals surface area contributed by atoms with E-state index < -0.39 is 11.9 Å². The van der Waals surface area contributed by atoms with E-state index in [1.165, 1.54) is 6.20 Å². The van der Waals surface area contributed by atoms with E-state index >= 15 is 0 Å².